The van der Waals surface area contributed by atoms with Gasteiger partial charge in [-0.1, -0.05) is 70.7 Å². The average Bonchev–Trinajstić information content (AvgIpc) is 3.31. The molecule has 0 aliphatic heterocycles. The molecule has 26 heavy (non-hydrogen) atoms. The number of carbonyl (C=O) groups excluding carboxylic acids is 1. The Kier molecular flexibility index (Phi) is 7.51. The van der Waals surface area contributed by atoms with Crippen molar-refractivity contribution in [1.82, 2.24) is 15.6 Å². The summed E-state index contributed by atoms with van der Waals surface area (Å²) in [5.41, 5.74) is 3.57. The van der Waals surface area contributed by atoms with Gasteiger partial charge < -0.3 is 0 Å². The highest BCUT2D eigenvalue weighted by molar-refractivity contribution is 8.03. The number of aromatic nitrogens is 2. The first kappa shape index (κ1) is 19.4. The maximum absolute atomic E-state index is 11.8. The Morgan fingerprint density at radius 1 is 1.19 bits per heavy atom. The van der Waals surface area contributed by atoms with Crippen LogP contribution < -0.4 is 5.43 Å². The van der Waals surface area contributed by atoms with E-state index < -0.39 is 0 Å². The number of thiophene rings is 1. The van der Waals surface area contributed by atoms with Crippen molar-refractivity contribution in [2.24, 2.45) is 5.10 Å². The van der Waals surface area contributed by atoms with Crippen LogP contribution in [0.25, 0.3) is 0 Å². The molecule has 2 heterocycles. The number of hydrogen-bond donors (Lipinski definition) is 1. The lowest BCUT2D eigenvalue weighted by Crippen LogP contribution is -2.19. The Balaban J connectivity index is 1.42. The molecule has 0 aliphatic carbocycles. The van der Waals surface area contributed by atoms with Gasteiger partial charge >= 0.3 is 0 Å². The Hall–Kier alpha value is -1.39. The molecular weight excluding hydrogens is 428 g/mol. The fourth-order valence-electron chi connectivity index (χ4n) is 1.76. The second-order valence-electron chi connectivity index (χ2n) is 4.81. The van der Waals surface area contributed by atoms with Crippen LogP contribution in [0.2, 0.25) is 5.02 Å². The molecule has 0 saturated carbocycles. The average molecular weight is 441 g/mol. The lowest BCUT2D eigenvalue weighted by molar-refractivity contribution is -0.118. The molecule has 0 bridgehead atoms. The SMILES string of the molecule is O=C(CSc1nnc(SCc2ccccc2Cl)s1)N/N=C\c1cccs1. The lowest BCUT2D eigenvalue weighted by atomic mass is 10.2. The first-order valence-corrected chi connectivity index (χ1v) is 11.4. The van der Waals surface area contributed by atoms with Gasteiger partial charge in [0.05, 0.1) is 12.0 Å². The van der Waals surface area contributed by atoms with Crippen molar-refractivity contribution in [3.8, 4) is 0 Å². The van der Waals surface area contributed by atoms with Gasteiger partial charge in [-0.25, -0.2) is 5.43 Å². The van der Waals surface area contributed by atoms with E-state index in [2.05, 4.69) is 20.7 Å². The Labute approximate surface area is 172 Å². The minimum Gasteiger partial charge on any atom is -0.272 e. The second-order valence-corrected chi connectivity index (χ2v) is 9.62. The Bertz CT molecular complexity index is 882. The maximum Gasteiger partial charge on any atom is 0.250 e. The van der Waals surface area contributed by atoms with Crippen LogP contribution in [0.5, 0.6) is 0 Å². The van der Waals surface area contributed by atoms with Crippen LogP contribution in [0.1, 0.15) is 10.4 Å². The van der Waals surface area contributed by atoms with Gasteiger partial charge in [0.25, 0.3) is 5.91 Å². The zero-order chi connectivity index (χ0) is 18.2. The highest BCUT2D eigenvalue weighted by Gasteiger charge is 2.09. The number of hydrazone groups is 1. The summed E-state index contributed by atoms with van der Waals surface area (Å²) in [5, 5.41) is 14.9. The summed E-state index contributed by atoms with van der Waals surface area (Å²) in [6, 6.07) is 11.6. The van der Waals surface area contributed by atoms with Crippen LogP contribution in [-0.2, 0) is 10.5 Å². The first-order valence-electron chi connectivity index (χ1n) is 7.38. The van der Waals surface area contributed by atoms with Crippen LogP contribution in [-0.4, -0.2) is 28.1 Å². The van der Waals surface area contributed by atoms with Gasteiger partial charge in [0.15, 0.2) is 8.68 Å². The van der Waals surface area contributed by atoms with Crippen molar-refractivity contribution in [3.63, 3.8) is 0 Å². The summed E-state index contributed by atoms with van der Waals surface area (Å²) in [6.07, 6.45) is 1.63. The van der Waals surface area contributed by atoms with Gasteiger partial charge in [-0.05, 0) is 23.1 Å². The number of nitrogens with zero attached hydrogens (tertiary/aromatic N) is 3. The summed E-state index contributed by atoms with van der Waals surface area (Å²) in [4.78, 5) is 12.8. The summed E-state index contributed by atoms with van der Waals surface area (Å²) in [6.45, 7) is 0. The topological polar surface area (TPSA) is 67.2 Å². The number of nitrogens with one attached hydrogen (secondary N) is 1. The molecule has 3 aromatic rings. The molecule has 0 aliphatic rings. The zero-order valence-corrected chi connectivity index (χ0v) is 17.3. The van der Waals surface area contributed by atoms with Crippen molar-refractivity contribution >= 4 is 69.9 Å². The maximum atomic E-state index is 11.8. The summed E-state index contributed by atoms with van der Waals surface area (Å²) >= 11 is 12.1. The van der Waals surface area contributed by atoms with E-state index in [1.165, 1.54) is 23.1 Å². The third kappa shape index (κ3) is 6.10. The van der Waals surface area contributed by atoms with E-state index in [-0.39, 0.29) is 11.7 Å². The number of amides is 1. The van der Waals surface area contributed by atoms with Crippen molar-refractivity contribution in [3.05, 3.63) is 57.2 Å². The van der Waals surface area contributed by atoms with Crippen LogP contribution >= 0.6 is 57.8 Å². The molecule has 3 rings (SSSR count). The number of halogens is 1. The highest BCUT2D eigenvalue weighted by atomic mass is 35.5. The summed E-state index contributed by atoms with van der Waals surface area (Å²) in [5.74, 6) is 0.797. The largest absolute Gasteiger partial charge is 0.272 e. The van der Waals surface area contributed by atoms with Gasteiger partial charge in [-0.15, -0.1) is 21.5 Å². The summed E-state index contributed by atoms with van der Waals surface area (Å²) in [7, 11) is 0. The standard InChI is InChI=1S/C16H13ClN4OS4/c17-13-6-2-1-4-11(13)9-24-15-20-21-16(26-15)25-10-14(22)19-18-8-12-5-3-7-23-12/h1-8H,9-10H2,(H,19,22)/b18-8-. The molecule has 134 valence electrons. The van der Waals surface area contributed by atoms with E-state index >= 15 is 0 Å². The molecule has 0 fully saturated rings. The van der Waals surface area contributed by atoms with E-state index in [1.807, 2.05) is 41.8 Å². The molecule has 1 aromatic carbocycles. The number of rotatable bonds is 8. The number of benzene rings is 1. The van der Waals surface area contributed by atoms with Crippen molar-refractivity contribution in [2.45, 2.75) is 14.4 Å². The third-order valence-electron chi connectivity index (χ3n) is 2.95. The monoisotopic (exact) mass is 440 g/mol. The molecule has 10 heteroatoms. The predicted molar refractivity (Wildman–Crippen MR) is 112 cm³/mol. The van der Waals surface area contributed by atoms with Gasteiger partial charge in [-0.3, -0.25) is 4.79 Å². The normalized spacial score (nSPS) is 11.1. The Morgan fingerprint density at radius 3 is 2.77 bits per heavy atom. The molecule has 0 saturated heterocycles. The van der Waals surface area contributed by atoms with E-state index in [4.69, 9.17) is 11.6 Å². The van der Waals surface area contributed by atoms with Gasteiger partial charge in [0, 0.05) is 15.7 Å². The zero-order valence-electron chi connectivity index (χ0n) is 13.3. The molecule has 1 N–H and O–H groups in total. The molecular formula is C16H13ClN4OS4. The van der Waals surface area contributed by atoms with Crippen LogP contribution in [0, 0.1) is 0 Å². The van der Waals surface area contributed by atoms with Crippen LogP contribution in [0.15, 0.2) is 55.6 Å². The molecule has 1 amide bonds. The van der Waals surface area contributed by atoms with Crippen molar-refractivity contribution in [1.29, 1.82) is 0 Å². The highest BCUT2D eigenvalue weighted by Crippen LogP contribution is 2.32. The van der Waals surface area contributed by atoms with E-state index in [9.17, 15) is 4.79 Å². The van der Waals surface area contributed by atoms with Crippen LogP contribution in [0.4, 0.5) is 0 Å². The van der Waals surface area contributed by atoms with Crippen LogP contribution in [0.3, 0.4) is 0 Å². The third-order valence-corrected chi connectivity index (χ3v) is 7.36. The van der Waals surface area contributed by atoms with Gasteiger partial charge in [0.1, 0.15) is 0 Å². The molecule has 0 radical (unpaired) electrons. The number of thioether (sulfide) groups is 2. The molecule has 0 spiro atoms. The quantitative estimate of drug-likeness (QED) is 0.310. The summed E-state index contributed by atoms with van der Waals surface area (Å²) < 4.78 is 1.60. The molecule has 2 aromatic heterocycles. The van der Waals surface area contributed by atoms with Crippen molar-refractivity contribution < 1.29 is 4.79 Å². The van der Waals surface area contributed by atoms with E-state index in [0.29, 0.717) is 0 Å². The smallest absolute Gasteiger partial charge is 0.250 e. The molecule has 0 unspecified atom stereocenters. The lowest BCUT2D eigenvalue weighted by Gasteiger charge is -2.00. The fraction of sp³-hybridized carbons (Fsp3) is 0.125. The van der Waals surface area contributed by atoms with Gasteiger partial charge in [0.2, 0.25) is 0 Å². The molecule has 5 nitrogen and oxygen atoms in total. The number of hydrogen-bond acceptors (Lipinski definition) is 8. The minimum atomic E-state index is -0.178. The Morgan fingerprint density at radius 2 is 2.00 bits per heavy atom. The van der Waals surface area contributed by atoms with Gasteiger partial charge in [-0.2, -0.15) is 5.10 Å². The first-order chi connectivity index (χ1) is 12.7. The van der Waals surface area contributed by atoms with E-state index in [1.54, 1.807) is 29.3 Å². The second kappa shape index (κ2) is 10.1. The predicted octanol–water partition coefficient (Wildman–Crippen LogP) is 4.79. The molecule has 0 atom stereocenters. The fourth-order valence-corrected chi connectivity index (χ4v) is 5.44. The van der Waals surface area contributed by atoms with Crippen molar-refractivity contribution in [2.75, 3.05) is 5.75 Å². The number of carbonyl (C=O) groups is 1. The minimum absolute atomic E-state index is 0.178. The van der Waals surface area contributed by atoms with E-state index in [0.717, 1.165) is 29.9 Å².